The molecule has 1 aromatic rings. The third kappa shape index (κ3) is 3.63. The van der Waals surface area contributed by atoms with Crippen molar-refractivity contribution < 1.29 is 8.42 Å². The molecule has 0 unspecified atom stereocenters. The van der Waals surface area contributed by atoms with Crippen molar-refractivity contribution in [1.82, 2.24) is 4.31 Å². The molecule has 18 heavy (non-hydrogen) atoms. The van der Waals surface area contributed by atoms with Crippen LogP contribution < -0.4 is 5.32 Å². The van der Waals surface area contributed by atoms with Crippen molar-refractivity contribution >= 4 is 27.5 Å². The Bertz CT molecular complexity index is 475. The monoisotopic (exact) mass is 288 g/mol. The number of para-hydroxylation sites is 1. The fourth-order valence-electron chi connectivity index (χ4n) is 1.62. The lowest BCUT2D eigenvalue weighted by Gasteiger charge is -2.18. The van der Waals surface area contributed by atoms with E-state index in [0.29, 0.717) is 17.1 Å². The minimum absolute atomic E-state index is 0.333. The highest BCUT2D eigenvalue weighted by atomic mass is 32.2. The van der Waals surface area contributed by atoms with Gasteiger partial charge in [0.2, 0.25) is 10.0 Å². The summed E-state index contributed by atoms with van der Waals surface area (Å²) in [6.07, 6.45) is 2.88. The first kappa shape index (κ1) is 15.3. The van der Waals surface area contributed by atoms with Gasteiger partial charge in [-0.2, -0.15) is 11.8 Å². The Morgan fingerprint density at radius 1 is 1.33 bits per heavy atom. The molecule has 0 saturated heterocycles. The number of hydrogen-bond acceptors (Lipinski definition) is 4. The third-order valence-corrected chi connectivity index (χ3v) is 5.28. The zero-order valence-electron chi connectivity index (χ0n) is 11.0. The predicted octanol–water partition coefficient (Wildman–Crippen LogP) is 2.10. The highest BCUT2D eigenvalue weighted by molar-refractivity contribution is 7.98. The second-order valence-electron chi connectivity index (χ2n) is 3.92. The quantitative estimate of drug-likeness (QED) is 0.781. The van der Waals surface area contributed by atoms with Crippen molar-refractivity contribution in [1.29, 1.82) is 0 Å². The summed E-state index contributed by atoms with van der Waals surface area (Å²) >= 11 is 1.72. The van der Waals surface area contributed by atoms with Gasteiger partial charge in [0.1, 0.15) is 4.90 Å². The number of nitrogens with one attached hydrogen (secondary N) is 1. The van der Waals surface area contributed by atoms with Crippen molar-refractivity contribution in [2.75, 3.05) is 38.0 Å². The Labute approximate surface area is 114 Å². The van der Waals surface area contributed by atoms with E-state index in [9.17, 15) is 8.42 Å². The summed E-state index contributed by atoms with van der Waals surface area (Å²) in [6.45, 7) is 0.543. The molecule has 0 bridgehead atoms. The number of rotatable bonds is 7. The first-order chi connectivity index (χ1) is 8.54. The fraction of sp³-hybridized carbons (Fsp3) is 0.500. The lowest BCUT2D eigenvalue weighted by Crippen LogP contribution is -2.28. The van der Waals surface area contributed by atoms with E-state index in [0.717, 1.165) is 12.2 Å². The summed E-state index contributed by atoms with van der Waals surface area (Å²) in [6, 6.07) is 6.96. The molecule has 0 atom stereocenters. The number of sulfonamides is 1. The molecular formula is C12H20N2O2S2. The van der Waals surface area contributed by atoms with E-state index in [1.807, 2.05) is 12.3 Å². The molecule has 0 aliphatic carbocycles. The molecule has 0 amide bonds. The Balaban J connectivity index is 2.91. The van der Waals surface area contributed by atoms with Gasteiger partial charge in [0.05, 0.1) is 5.69 Å². The van der Waals surface area contributed by atoms with Crippen LogP contribution in [-0.4, -0.2) is 45.4 Å². The normalized spacial score (nSPS) is 11.8. The molecule has 1 rings (SSSR count). The van der Waals surface area contributed by atoms with Crippen LogP contribution in [0.2, 0.25) is 0 Å². The van der Waals surface area contributed by atoms with E-state index in [4.69, 9.17) is 0 Å². The second kappa shape index (κ2) is 7.01. The van der Waals surface area contributed by atoms with Gasteiger partial charge >= 0.3 is 0 Å². The van der Waals surface area contributed by atoms with Crippen LogP contribution in [0.5, 0.6) is 0 Å². The lowest BCUT2D eigenvalue weighted by molar-refractivity contribution is 0.470. The molecule has 102 valence electrons. The molecule has 0 aliphatic rings. The molecule has 0 fully saturated rings. The van der Waals surface area contributed by atoms with Gasteiger partial charge in [-0.3, -0.25) is 0 Å². The van der Waals surface area contributed by atoms with Gasteiger partial charge in [0.25, 0.3) is 0 Å². The van der Waals surface area contributed by atoms with Gasteiger partial charge in [-0.1, -0.05) is 12.1 Å². The topological polar surface area (TPSA) is 49.4 Å². The SMILES string of the molecule is CNc1ccccc1S(=O)(=O)N(C)CCCSC. The minimum atomic E-state index is -3.40. The number of anilines is 1. The Hall–Kier alpha value is -0.720. The van der Waals surface area contributed by atoms with Crippen LogP contribution in [0.15, 0.2) is 29.2 Å². The lowest BCUT2D eigenvalue weighted by atomic mass is 10.3. The van der Waals surface area contributed by atoms with Crippen LogP contribution >= 0.6 is 11.8 Å². The van der Waals surface area contributed by atoms with Crippen LogP contribution in [0.3, 0.4) is 0 Å². The number of nitrogens with zero attached hydrogens (tertiary/aromatic N) is 1. The summed E-state index contributed by atoms with van der Waals surface area (Å²) in [7, 11) is -0.0493. The number of hydrogen-bond donors (Lipinski definition) is 1. The molecule has 1 N–H and O–H groups in total. The van der Waals surface area contributed by atoms with Crippen LogP contribution in [0.4, 0.5) is 5.69 Å². The smallest absolute Gasteiger partial charge is 0.244 e. The number of thioether (sulfide) groups is 1. The molecule has 0 radical (unpaired) electrons. The van der Waals surface area contributed by atoms with Crippen molar-refractivity contribution in [3.63, 3.8) is 0 Å². The molecule has 0 heterocycles. The standard InChI is InChI=1S/C12H20N2O2S2/c1-13-11-7-4-5-8-12(11)18(15,16)14(2)9-6-10-17-3/h4-5,7-8,13H,6,9-10H2,1-3H3. The van der Waals surface area contributed by atoms with E-state index >= 15 is 0 Å². The van der Waals surface area contributed by atoms with Crippen LogP contribution in [0.25, 0.3) is 0 Å². The summed E-state index contributed by atoms with van der Waals surface area (Å²) in [5.41, 5.74) is 0.634. The van der Waals surface area contributed by atoms with Crippen molar-refractivity contribution in [2.24, 2.45) is 0 Å². The summed E-state index contributed by atoms with van der Waals surface area (Å²) in [5.74, 6) is 0.966. The van der Waals surface area contributed by atoms with E-state index < -0.39 is 10.0 Å². The predicted molar refractivity (Wildman–Crippen MR) is 78.8 cm³/mol. The average molecular weight is 288 g/mol. The van der Waals surface area contributed by atoms with E-state index in [1.165, 1.54) is 4.31 Å². The van der Waals surface area contributed by atoms with Crippen molar-refractivity contribution in [3.05, 3.63) is 24.3 Å². The highest BCUT2D eigenvalue weighted by Crippen LogP contribution is 2.23. The average Bonchev–Trinajstić information content (AvgIpc) is 2.38. The van der Waals surface area contributed by atoms with Gasteiger partial charge in [0.15, 0.2) is 0 Å². The fourth-order valence-corrected chi connectivity index (χ4v) is 3.44. The van der Waals surface area contributed by atoms with Crippen LogP contribution in [0.1, 0.15) is 6.42 Å². The van der Waals surface area contributed by atoms with Gasteiger partial charge in [-0.25, -0.2) is 12.7 Å². The summed E-state index contributed by atoms with van der Waals surface area (Å²) < 4.78 is 26.2. The summed E-state index contributed by atoms with van der Waals surface area (Å²) in [4.78, 5) is 0.333. The van der Waals surface area contributed by atoms with Gasteiger partial charge < -0.3 is 5.32 Å². The molecule has 0 aliphatic heterocycles. The molecule has 0 aromatic heterocycles. The molecule has 1 aromatic carbocycles. The maximum Gasteiger partial charge on any atom is 0.244 e. The third-order valence-electron chi connectivity index (χ3n) is 2.67. The Kier molecular flexibility index (Phi) is 5.98. The second-order valence-corrected chi connectivity index (χ2v) is 6.92. The van der Waals surface area contributed by atoms with Crippen molar-refractivity contribution in [2.45, 2.75) is 11.3 Å². The van der Waals surface area contributed by atoms with Gasteiger partial charge in [-0.05, 0) is 30.6 Å². The maximum atomic E-state index is 12.4. The van der Waals surface area contributed by atoms with Crippen molar-refractivity contribution in [3.8, 4) is 0 Å². The zero-order chi connectivity index (χ0) is 13.6. The molecule has 4 nitrogen and oxygen atoms in total. The van der Waals surface area contributed by atoms with Crippen LogP contribution in [0, 0.1) is 0 Å². The maximum absolute atomic E-state index is 12.4. The highest BCUT2D eigenvalue weighted by Gasteiger charge is 2.22. The largest absolute Gasteiger partial charge is 0.387 e. The Morgan fingerprint density at radius 3 is 2.61 bits per heavy atom. The first-order valence-corrected chi connectivity index (χ1v) is 8.59. The van der Waals surface area contributed by atoms with Gasteiger partial charge in [0, 0.05) is 20.6 Å². The minimum Gasteiger partial charge on any atom is -0.387 e. The Morgan fingerprint density at radius 2 is 2.00 bits per heavy atom. The van der Waals surface area contributed by atoms with E-state index in [1.54, 1.807) is 44.1 Å². The van der Waals surface area contributed by atoms with E-state index in [-0.39, 0.29) is 0 Å². The number of benzene rings is 1. The van der Waals surface area contributed by atoms with Crippen LogP contribution in [-0.2, 0) is 10.0 Å². The molecular weight excluding hydrogens is 268 g/mol. The summed E-state index contributed by atoms with van der Waals surface area (Å²) in [5, 5.41) is 2.91. The first-order valence-electron chi connectivity index (χ1n) is 5.76. The van der Waals surface area contributed by atoms with Gasteiger partial charge in [-0.15, -0.1) is 0 Å². The molecule has 6 heteroatoms. The molecule has 0 spiro atoms. The zero-order valence-corrected chi connectivity index (χ0v) is 12.6. The van der Waals surface area contributed by atoms with E-state index in [2.05, 4.69) is 5.32 Å². The molecule has 0 saturated carbocycles.